The maximum Gasteiger partial charge on any atom is 0.0816 e. The first-order valence-corrected chi connectivity index (χ1v) is 3.48. The van der Waals surface area contributed by atoms with E-state index in [1.807, 2.05) is 0 Å². The van der Waals surface area contributed by atoms with Gasteiger partial charge in [-0.05, 0) is 19.9 Å². The summed E-state index contributed by atoms with van der Waals surface area (Å²) in [6, 6.07) is 0.792. The Kier molecular flexibility index (Phi) is 4.74. The van der Waals surface area contributed by atoms with Crippen molar-refractivity contribution in [1.29, 1.82) is 0 Å². The van der Waals surface area contributed by atoms with Crippen LogP contribution in [0, 0.1) is 0 Å². The van der Waals surface area contributed by atoms with Crippen LogP contribution < -0.4 is 0 Å². The first-order chi connectivity index (χ1) is 3.84. The molecule has 0 atom stereocenters. The van der Waals surface area contributed by atoms with E-state index in [1.165, 1.54) is 25.1 Å². The molecule has 0 aromatic heterocycles. The van der Waals surface area contributed by atoms with Crippen LogP contribution >= 0.6 is 25.7 Å². The summed E-state index contributed by atoms with van der Waals surface area (Å²) < 4.78 is 7.00. The van der Waals surface area contributed by atoms with E-state index < -0.39 is 0 Å². The molecule has 1 aliphatic rings. The fraction of sp³-hybridized carbons (Fsp3) is 1.00. The minimum Gasteiger partial charge on any atom is -0.304 e. The second-order valence-corrected chi connectivity index (χ2v) is 3.08. The highest BCUT2D eigenvalue weighted by Gasteiger charge is 2.26. The van der Waals surface area contributed by atoms with Crippen LogP contribution in [0.5, 0.6) is 0 Å². The molecule has 1 fully saturated rings. The van der Waals surface area contributed by atoms with Gasteiger partial charge in [-0.3, -0.25) is 0 Å². The second-order valence-electron chi connectivity index (χ2n) is 2.02. The fourth-order valence-corrected chi connectivity index (χ4v) is 1.18. The number of hydrogen-bond acceptors (Lipinski definition) is 3. The third-order valence-corrected chi connectivity index (χ3v) is 1.94. The molecule has 0 spiro atoms. The van der Waals surface area contributed by atoms with Gasteiger partial charge >= 0.3 is 0 Å². The van der Waals surface area contributed by atoms with Crippen molar-refractivity contribution >= 4 is 25.7 Å². The first-order valence-electron chi connectivity index (χ1n) is 2.78. The van der Waals surface area contributed by atoms with Crippen molar-refractivity contribution < 1.29 is 4.18 Å². The van der Waals surface area contributed by atoms with E-state index >= 15 is 0 Å². The SMILES string of the molecule is COSN(C)C1CC1.S. The van der Waals surface area contributed by atoms with Gasteiger partial charge < -0.3 is 4.18 Å². The molecule has 56 valence electrons. The maximum atomic E-state index is 4.85. The first kappa shape index (κ1) is 9.62. The van der Waals surface area contributed by atoms with Crippen LogP contribution in [0.1, 0.15) is 12.8 Å². The summed E-state index contributed by atoms with van der Waals surface area (Å²) in [5.74, 6) is 0. The lowest BCUT2D eigenvalue weighted by molar-refractivity contribution is 0.431. The average molecular weight is 167 g/mol. The Morgan fingerprint density at radius 3 is 2.44 bits per heavy atom. The number of rotatable bonds is 3. The van der Waals surface area contributed by atoms with E-state index in [4.69, 9.17) is 4.18 Å². The quantitative estimate of drug-likeness (QED) is 0.466. The molecule has 4 heteroatoms. The Balaban J connectivity index is 0.000000640. The molecule has 0 bridgehead atoms. The van der Waals surface area contributed by atoms with Crippen LogP contribution in [0.15, 0.2) is 0 Å². The highest BCUT2D eigenvalue weighted by atomic mass is 32.2. The van der Waals surface area contributed by atoms with Crippen molar-refractivity contribution in [2.24, 2.45) is 0 Å². The third kappa shape index (κ3) is 3.35. The molecule has 0 aromatic rings. The zero-order valence-electron chi connectivity index (χ0n) is 5.76. The predicted octanol–water partition coefficient (Wildman–Crippen LogP) is 1.40. The summed E-state index contributed by atoms with van der Waals surface area (Å²) in [6.07, 6.45) is 2.68. The zero-order valence-corrected chi connectivity index (χ0v) is 7.57. The van der Waals surface area contributed by atoms with Crippen molar-refractivity contribution in [3.8, 4) is 0 Å². The average Bonchev–Trinajstić information content (AvgIpc) is 2.45. The van der Waals surface area contributed by atoms with Crippen molar-refractivity contribution in [3.63, 3.8) is 0 Å². The largest absolute Gasteiger partial charge is 0.304 e. The van der Waals surface area contributed by atoms with Crippen molar-refractivity contribution in [2.45, 2.75) is 18.9 Å². The van der Waals surface area contributed by atoms with Gasteiger partial charge in [0.15, 0.2) is 0 Å². The second kappa shape index (κ2) is 4.44. The molecule has 1 aliphatic carbocycles. The molecular weight excluding hydrogens is 154 g/mol. The summed E-state index contributed by atoms with van der Waals surface area (Å²) in [6.45, 7) is 0. The molecule has 0 saturated heterocycles. The van der Waals surface area contributed by atoms with Crippen LogP contribution in [0.2, 0.25) is 0 Å². The molecule has 1 saturated carbocycles. The Bertz CT molecular complexity index is 77.4. The summed E-state index contributed by atoms with van der Waals surface area (Å²) in [5, 5.41) is 0. The Hall–Kier alpha value is 0.620. The summed E-state index contributed by atoms with van der Waals surface area (Å²) in [5.41, 5.74) is 0. The molecular formula is C5H13NOS2. The molecule has 0 heterocycles. The standard InChI is InChI=1S/C5H11NOS.H2S/c1-6(8-7-2)5-3-4-5;/h5H,3-4H2,1-2H3;1H2. The van der Waals surface area contributed by atoms with Crippen LogP contribution in [-0.2, 0) is 4.18 Å². The van der Waals surface area contributed by atoms with E-state index in [9.17, 15) is 0 Å². The Morgan fingerprint density at radius 1 is 1.56 bits per heavy atom. The maximum absolute atomic E-state index is 4.85. The highest BCUT2D eigenvalue weighted by molar-refractivity contribution is 7.92. The molecule has 0 aromatic carbocycles. The normalized spacial score (nSPS) is 17.7. The summed E-state index contributed by atoms with van der Waals surface area (Å²) >= 11 is 1.44. The monoisotopic (exact) mass is 167 g/mol. The van der Waals surface area contributed by atoms with Crippen LogP contribution in [0.3, 0.4) is 0 Å². The van der Waals surface area contributed by atoms with E-state index in [2.05, 4.69) is 11.4 Å². The number of nitrogens with zero attached hydrogens (tertiary/aromatic N) is 1. The third-order valence-electron chi connectivity index (χ3n) is 1.25. The molecule has 1 rings (SSSR count). The van der Waals surface area contributed by atoms with Gasteiger partial charge in [-0.1, -0.05) is 0 Å². The molecule has 9 heavy (non-hydrogen) atoms. The number of hydrogen-bond donors (Lipinski definition) is 0. The van der Waals surface area contributed by atoms with Crippen molar-refractivity contribution in [2.75, 3.05) is 14.2 Å². The lowest BCUT2D eigenvalue weighted by atomic mass is 10.7. The van der Waals surface area contributed by atoms with Gasteiger partial charge in [0.2, 0.25) is 0 Å². The lowest BCUT2D eigenvalue weighted by Crippen LogP contribution is -2.10. The topological polar surface area (TPSA) is 12.5 Å². The van der Waals surface area contributed by atoms with Crippen LogP contribution in [-0.4, -0.2) is 24.5 Å². The minimum absolute atomic E-state index is 0. The van der Waals surface area contributed by atoms with E-state index in [1.54, 1.807) is 7.11 Å². The molecule has 2 nitrogen and oxygen atoms in total. The molecule has 0 amide bonds. The highest BCUT2D eigenvalue weighted by Crippen LogP contribution is 2.29. The summed E-state index contributed by atoms with van der Waals surface area (Å²) in [4.78, 5) is 0. The van der Waals surface area contributed by atoms with Crippen molar-refractivity contribution in [1.82, 2.24) is 4.31 Å². The van der Waals surface area contributed by atoms with Crippen molar-refractivity contribution in [3.05, 3.63) is 0 Å². The van der Waals surface area contributed by atoms with Crippen LogP contribution in [0.4, 0.5) is 0 Å². The van der Waals surface area contributed by atoms with Gasteiger partial charge in [0.1, 0.15) is 0 Å². The van der Waals surface area contributed by atoms with Gasteiger partial charge in [-0.15, -0.1) is 0 Å². The minimum atomic E-state index is 0. The molecule has 0 unspecified atom stereocenters. The zero-order chi connectivity index (χ0) is 5.98. The fourth-order valence-electron chi connectivity index (χ4n) is 0.617. The lowest BCUT2D eigenvalue weighted by Gasteiger charge is -2.09. The van der Waals surface area contributed by atoms with Crippen LogP contribution in [0.25, 0.3) is 0 Å². The molecule has 0 radical (unpaired) electrons. The Morgan fingerprint density at radius 2 is 2.11 bits per heavy atom. The Labute approximate surface area is 67.7 Å². The van der Waals surface area contributed by atoms with E-state index in [-0.39, 0.29) is 13.5 Å². The van der Waals surface area contributed by atoms with Gasteiger partial charge in [0.25, 0.3) is 0 Å². The molecule has 0 N–H and O–H groups in total. The van der Waals surface area contributed by atoms with E-state index in [0.717, 1.165) is 6.04 Å². The smallest absolute Gasteiger partial charge is 0.0816 e. The summed E-state index contributed by atoms with van der Waals surface area (Å²) in [7, 11) is 3.76. The van der Waals surface area contributed by atoms with E-state index in [0.29, 0.717) is 0 Å². The molecule has 0 aliphatic heterocycles. The predicted molar refractivity (Wildman–Crippen MR) is 45.8 cm³/mol. The van der Waals surface area contributed by atoms with Gasteiger partial charge in [-0.25, -0.2) is 4.31 Å². The van der Waals surface area contributed by atoms with Gasteiger partial charge in [0, 0.05) is 6.04 Å². The van der Waals surface area contributed by atoms with Gasteiger partial charge in [-0.2, -0.15) is 13.5 Å². The van der Waals surface area contributed by atoms with Gasteiger partial charge in [0.05, 0.1) is 19.3 Å².